The molecule has 0 bridgehead atoms. The Morgan fingerprint density at radius 2 is 2.12 bits per heavy atom. The smallest absolute Gasteiger partial charge is 0.0462 e. The van der Waals surface area contributed by atoms with Crippen molar-refractivity contribution in [1.82, 2.24) is 4.98 Å². The summed E-state index contributed by atoms with van der Waals surface area (Å²) in [5.74, 6) is 0. The highest BCUT2D eigenvalue weighted by Crippen LogP contribution is 2.23. The van der Waals surface area contributed by atoms with Gasteiger partial charge in [0.2, 0.25) is 0 Å². The van der Waals surface area contributed by atoms with E-state index >= 15 is 0 Å². The monoisotopic (exact) mass is 214 g/mol. The number of aromatic nitrogens is 1. The number of hydrogen-bond donors (Lipinski definition) is 2. The average molecular weight is 214 g/mol. The van der Waals surface area contributed by atoms with Gasteiger partial charge in [-0.1, -0.05) is 30.4 Å². The molecule has 0 aliphatic rings. The van der Waals surface area contributed by atoms with Gasteiger partial charge in [-0.2, -0.15) is 0 Å². The van der Waals surface area contributed by atoms with Crippen LogP contribution in [0.4, 0.5) is 0 Å². The molecule has 1 aromatic carbocycles. The Kier molecular flexibility index (Phi) is 3.42. The highest BCUT2D eigenvalue weighted by atomic mass is 14.7. The number of para-hydroxylation sites is 1. The minimum atomic E-state index is 0.761. The zero-order valence-corrected chi connectivity index (χ0v) is 9.66. The van der Waals surface area contributed by atoms with E-state index in [-0.39, 0.29) is 0 Å². The molecule has 0 aliphatic carbocycles. The summed E-state index contributed by atoms with van der Waals surface area (Å²) in [5, 5.41) is 1.30. The van der Waals surface area contributed by atoms with Gasteiger partial charge in [-0.25, -0.2) is 0 Å². The molecule has 0 atom stereocenters. The summed E-state index contributed by atoms with van der Waals surface area (Å²) in [4.78, 5) is 3.39. The highest BCUT2D eigenvalue weighted by Gasteiger charge is 2.03. The molecule has 0 amide bonds. The predicted octanol–water partition coefficient (Wildman–Crippen LogP) is 3.23. The first-order valence-electron chi connectivity index (χ1n) is 5.77. The molecular weight excluding hydrogens is 196 g/mol. The van der Waals surface area contributed by atoms with Crippen LogP contribution in [0, 0.1) is 6.92 Å². The molecule has 0 unspecified atom stereocenters. The molecule has 2 aromatic rings. The second kappa shape index (κ2) is 4.99. The largest absolute Gasteiger partial charge is 0.358 e. The lowest BCUT2D eigenvalue weighted by atomic mass is 10.1. The molecule has 84 valence electrons. The van der Waals surface area contributed by atoms with Crippen LogP contribution in [0.25, 0.3) is 17.0 Å². The maximum atomic E-state index is 5.47. The van der Waals surface area contributed by atoms with Crippen molar-refractivity contribution in [1.29, 1.82) is 0 Å². The highest BCUT2D eigenvalue weighted by molar-refractivity contribution is 5.90. The maximum Gasteiger partial charge on any atom is 0.0462 e. The number of fused-ring (bicyclic) bond motifs is 1. The summed E-state index contributed by atoms with van der Waals surface area (Å²) >= 11 is 0. The normalized spacial score (nSPS) is 11.6. The van der Waals surface area contributed by atoms with Gasteiger partial charge < -0.3 is 10.7 Å². The number of allylic oxidation sites excluding steroid dienone is 1. The van der Waals surface area contributed by atoms with Gasteiger partial charge >= 0.3 is 0 Å². The van der Waals surface area contributed by atoms with Gasteiger partial charge in [0.15, 0.2) is 0 Å². The maximum absolute atomic E-state index is 5.47. The fourth-order valence-corrected chi connectivity index (χ4v) is 1.95. The number of H-pyrrole nitrogens is 1. The van der Waals surface area contributed by atoms with Crippen LogP contribution in [0.2, 0.25) is 0 Å². The number of benzene rings is 1. The van der Waals surface area contributed by atoms with Crippen molar-refractivity contribution < 1.29 is 0 Å². The number of hydrogen-bond acceptors (Lipinski definition) is 1. The van der Waals surface area contributed by atoms with Crippen molar-refractivity contribution in [2.45, 2.75) is 19.8 Å². The SMILES string of the molecule is Cc1[nH]c2ccccc2c1/C=C/CCCN. The number of nitrogens with two attached hydrogens (primary N) is 1. The Labute approximate surface area is 96.2 Å². The molecular formula is C14H18N2. The second-order valence-electron chi connectivity index (χ2n) is 4.04. The van der Waals surface area contributed by atoms with Crippen LogP contribution in [0.1, 0.15) is 24.1 Å². The first kappa shape index (κ1) is 11.0. The fourth-order valence-electron chi connectivity index (χ4n) is 1.95. The van der Waals surface area contributed by atoms with Crippen molar-refractivity contribution in [2.24, 2.45) is 5.73 Å². The minimum absolute atomic E-state index is 0.761. The molecule has 0 spiro atoms. The molecule has 0 fully saturated rings. The van der Waals surface area contributed by atoms with E-state index in [0.717, 1.165) is 19.4 Å². The number of rotatable bonds is 4. The summed E-state index contributed by atoms with van der Waals surface area (Å²) in [6, 6.07) is 8.40. The molecule has 2 rings (SSSR count). The fraction of sp³-hybridized carbons (Fsp3) is 0.286. The first-order chi connectivity index (χ1) is 7.83. The van der Waals surface area contributed by atoms with Crippen molar-refractivity contribution in [3.8, 4) is 0 Å². The van der Waals surface area contributed by atoms with E-state index in [1.54, 1.807) is 0 Å². The third-order valence-electron chi connectivity index (χ3n) is 2.80. The Morgan fingerprint density at radius 1 is 1.31 bits per heavy atom. The van der Waals surface area contributed by atoms with Gasteiger partial charge in [0.1, 0.15) is 0 Å². The van der Waals surface area contributed by atoms with Crippen LogP contribution in [0.5, 0.6) is 0 Å². The average Bonchev–Trinajstić information content (AvgIpc) is 2.61. The lowest BCUT2D eigenvalue weighted by Gasteiger charge is -1.93. The topological polar surface area (TPSA) is 41.8 Å². The minimum Gasteiger partial charge on any atom is -0.358 e. The van der Waals surface area contributed by atoms with E-state index in [1.807, 2.05) is 0 Å². The van der Waals surface area contributed by atoms with Crippen molar-refractivity contribution in [3.63, 3.8) is 0 Å². The zero-order valence-electron chi connectivity index (χ0n) is 9.66. The molecule has 0 radical (unpaired) electrons. The van der Waals surface area contributed by atoms with Crippen molar-refractivity contribution >= 4 is 17.0 Å². The van der Waals surface area contributed by atoms with Crippen LogP contribution in [0.15, 0.2) is 30.3 Å². The van der Waals surface area contributed by atoms with Gasteiger partial charge in [0, 0.05) is 22.2 Å². The molecule has 2 nitrogen and oxygen atoms in total. The van der Waals surface area contributed by atoms with E-state index < -0.39 is 0 Å². The van der Waals surface area contributed by atoms with Crippen LogP contribution in [-0.2, 0) is 0 Å². The molecule has 16 heavy (non-hydrogen) atoms. The Balaban J connectivity index is 2.29. The van der Waals surface area contributed by atoms with E-state index in [4.69, 9.17) is 5.73 Å². The summed E-state index contributed by atoms with van der Waals surface area (Å²) in [7, 11) is 0. The summed E-state index contributed by atoms with van der Waals surface area (Å²) in [6.45, 7) is 2.87. The molecule has 2 heteroatoms. The van der Waals surface area contributed by atoms with Gasteiger partial charge in [0.25, 0.3) is 0 Å². The van der Waals surface area contributed by atoms with E-state index in [2.05, 4.69) is 48.3 Å². The lowest BCUT2D eigenvalue weighted by molar-refractivity contribution is 0.857. The number of aromatic amines is 1. The molecule has 0 saturated heterocycles. The molecule has 0 aliphatic heterocycles. The lowest BCUT2D eigenvalue weighted by Crippen LogP contribution is -1.96. The Morgan fingerprint density at radius 3 is 2.94 bits per heavy atom. The summed E-state index contributed by atoms with van der Waals surface area (Å²) < 4.78 is 0. The van der Waals surface area contributed by atoms with Crippen LogP contribution < -0.4 is 5.73 Å². The predicted molar refractivity (Wildman–Crippen MR) is 70.4 cm³/mol. The zero-order chi connectivity index (χ0) is 11.4. The van der Waals surface area contributed by atoms with E-state index in [9.17, 15) is 0 Å². The first-order valence-corrected chi connectivity index (χ1v) is 5.77. The van der Waals surface area contributed by atoms with Gasteiger partial charge in [-0.3, -0.25) is 0 Å². The third kappa shape index (κ3) is 2.17. The van der Waals surface area contributed by atoms with Crippen LogP contribution in [0.3, 0.4) is 0 Å². The Bertz CT molecular complexity index is 494. The van der Waals surface area contributed by atoms with Gasteiger partial charge in [-0.15, -0.1) is 0 Å². The summed E-state index contributed by atoms with van der Waals surface area (Å²) in [6.07, 6.45) is 6.51. The van der Waals surface area contributed by atoms with Gasteiger partial charge in [0.05, 0.1) is 0 Å². The van der Waals surface area contributed by atoms with Crippen molar-refractivity contribution in [3.05, 3.63) is 41.6 Å². The van der Waals surface area contributed by atoms with Crippen LogP contribution in [-0.4, -0.2) is 11.5 Å². The van der Waals surface area contributed by atoms with E-state index in [0.29, 0.717) is 0 Å². The standard InChI is InChI=1S/C14H18N2/c1-11-12(7-3-2-6-10-15)13-8-4-5-9-14(13)16-11/h3-5,7-9,16H,2,6,10,15H2,1H3/b7-3+. The Hall–Kier alpha value is -1.54. The molecule has 0 saturated carbocycles. The molecule has 3 N–H and O–H groups in total. The second-order valence-corrected chi connectivity index (χ2v) is 4.04. The van der Waals surface area contributed by atoms with Crippen molar-refractivity contribution in [2.75, 3.05) is 6.54 Å². The van der Waals surface area contributed by atoms with Crippen LogP contribution >= 0.6 is 0 Å². The summed E-state index contributed by atoms with van der Waals surface area (Å²) in [5.41, 5.74) is 9.20. The molecule has 1 heterocycles. The number of unbranched alkanes of at least 4 members (excludes halogenated alkanes) is 1. The number of aryl methyl sites for hydroxylation is 1. The number of nitrogens with one attached hydrogen (secondary N) is 1. The molecule has 1 aromatic heterocycles. The van der Waals surface area contributed by atoms with E-state index in [1.165, 1.54) is 22.2 Å². The van der Waals surface area contributed by atoms with Gasteiger partial charge in [-0.05, 0) is 32.4 Å². The quantitative estimate of drug-likeness (QED) is 0.754. The third-order valence-corrected chi connectivity index (χ3v) is 2.80.